The van der Waals surface area contributed by atoms with Crippen molar-refractivity contribution in [1.82, 2.24) is 4.90 Å². The standard InChI is InChI=1S/C19H25N2O4P/c1-6-24-26(22,23)19-15-9-7-13(20(2)3)11-17(15)25-18-12-14(21(4)5)8-10-16(18)19/h7-13H,6H2,1-5H3,(H,22,23). The molecule has 0 radical (unpaired) electrons. The van der Waals surface area contributed by atoms with Gasteiger partial charge in [0.2, 0.25) is 0 Å². The van der Waals surface area contributed by atoms with Crippen molar-refractivity contribution >= 4 is 18.6 Å². The Bertz CT molecular complexity index is 855. The van der Waals surface area contributed by atoms with E-state index in [9.17, 15) is 9.46 Å². The maximum Gasteiger partial charge on any atom is 0.360 e. The summed E-state index contributed by atoms with van der Waals surface area (Å²) in [6, 6.07) is 5.65. The fraction of sp³-hybridized carbons (Fsp3) is 0.368. The minimum Gasteiger partial charge on any atom is -0.456 e. The topological polar surface area (TPSA) is 62.2 Å². The highest BCUT2D eigenvalue weighted by atomic mass is 31.2. The van der Waals surface area contributed by atoms with Gasteiger partial charge in [-0.2, -0.15) is 0 Å². The minimum absolute atomic E-state index is 0.0544. The lowest BCUT2D eigenvalue weighted by atomic mass is 9.98. The summed E-state index contributed by atoms with van der Waals surface area (Å²) in [6.07, 6.45) is 5.78. The van der Waals surface area contributed by atoms with Crippen LogP contribution in [0.15, 0.2) is 47.8 Å². The second-order valence-electron chi connectivity index (χ2n) is 6.72. The molecule has 1 aromatic carbocycles. The predicted octanol–water partition coefficient (Wildman–Crippen LogP) is 3.46. The number of benzene rings is 1. The quantitative estimate of drug-likeness (QED) is 0.794. The lowest BCUT2D eigenvalue weighted by molar-refractivity contribution is 0.284. The van der Waals surface area contributed by atoms with Crippen LogP contribution in [-0.4, -0.2) is 50.6 Å². The first-order chi connectivity index (χ1) is 12.2. The van der Waals surface area contributed by atoms with Gasteiger partial charge < -0.3 is 19.1 Å². The molecule has 0 spiro atoms. The molecule has 140 valence electrons. The normalized spacial score (nSPS) is 20.9. The van der Waals surface area contributed by atoms with Gasteiger partial charge in [0.15, 0.2) is 0 Å². The van der Waals surface area contributed by atoms with Gasteiger partial charge in [0, 0.05) is 43.0 Å². The first kappa shape index (κ1) is 18.9. The number of ether oxygens (including phenoxy) is 1. The summed E-state index contributed by atoms with van der Waals surface area (Å²) in [4.78, 5) is 14.6. The Morgan fingerprint density at radius 1 is 1.27 bits per heavy atom. The molecular formula is C19H25N2O4P. The minimum atomic E-state index is -3.99. The molecule has 26 heavy (non-hydrogen) atoms. The van der Waals surface area contributed by atoms with E-state index in [1.807, 2.05) is 74.4 Å². The van der Waals surface area contributed by atoms with Crippen molar-refractivity contribution in [3.05, 3.63) is 53.3 Å². The van der Waals surface area contributed by atoms with E-state index in [4.69, 9.17) is 9.26 Å². The zero-order valence-corrected chi connectivity index (χ0v) is 16.7. The number of likely N-dealkylation sites (N-methyl/N-ethyl adjacent to an activating group) is 1. The maximum atomic E-state index is 13.0. The summed E-state index contributed by atoms with van der Waals surface area (Å²) >= 11 is 0. The van der Waals surface area contributed by atoms with Gasteiger partial charge in [-0.25, -0.2) is 0 Å². The van der Waals surface area contributed by atoms with Crippen LogP contribution in [0.4, 0.5) is 5.69 Å². The van der Waals surface area contributed by atoms with Crippen molar-refractivity contribution in [1.29, 1.82) is 0 Å². The predicted molar refractivity (Wildman–Crippen MR) is 104 cm³/mol. The highest BCUT2D eigenvalue weighted by Gasteiger charge is 2.37. The summed E-state index contributed by atoms with van der Waals surface area (Å²) < 4.78 is 24.3. The van der Waals surface area contributed by atoms with Crippen LogP contribution in [0, 0.1) is 0 Å². The lowest BCUT2D eigenvalue weighted by Crippen LogP contribution is -2.27. The van der Waals surface area contributed by atoms with E-state index in [1.54, 1.807) is 6.92 Å². The van der Waals surface area contributed by atoms with Gasteiger partial charge in [-0.15, -0.1) is 0 Å². The summed E-state index contributed by atoms with van der Waals surface area (Å²) in [5.74, 6) is 1.14. The molecular weight excluding hydrogens is 351 g/mol. The van der Waals surface area contributed by atoms with Crippen LogP contribution in [0.25, 0.3) is 5.31 Å². The van der Waals surface area contributed by atoms with Crippen molar-refractivity contribution in [3.8, 4) is 5.75 Å². The van der Waals surface area contributed by atoms with Crippen LogP contribution in [0.5, 0.6) is 5.75 Å². The van der Waals surface area contributed by atoms with Crippen LogP contribution in [0.3, 0.4) is 0 Å². The first-order valence-corrected chi connectivity index (χ1v) is 10.1. The Hall–Kier alpha value is -1.85. The van der Waals surface area contributed by atoms with Gasteiger partial charge in [0.05, 0.1) is 11.9 Å². The molecule has 1 heterocycles. The highest BCUT2D eigenvalue weighted by Crippen LogP contribution is 2.62. The van der Waals surface area contributed by atoms with E-state index >= 15 is 0 Å². The number of hydrogen-bond donors (Lipinski definition) is 1. The van der Waals surface area contributed by atoms with Crippen molar-refractivity contribution in [3.63, 3.8) is 0 Å². The van der Waals surface area contributed by atoms with E-state index in [0.717, 1.165) is 5.69 Å². The molecule has 1 aromatic rings. The van der Waals surface area contributed by atoms with Gasteiger partial charge >= 0.3 is 7.60 Å². The van der Waals surface area contributed by atoms with E-state index in [2.05, 4.69) is 0 Å². The lowest BCUT2D eigenvalue weighted by Gasteiger charge is -2.31. The third-order valence-electron chi connectivity index (χ3n) is 4.44. The molecule has 7 heteroatoms. The van der Waals surface area contributed by atoms with Crippen molar-refractivity contribution in [2.45, 2.75) is 13.0 Å². The molecule has 3 rings (SSSR count). The van der Waals surface area contributed by atoms with E-state index < -0.39 is 7.60 Å². The smallest absolute Gasteiger partial charge is 0.360 e. The molecule has 1 aliphatic carbocycles. The Morgan fingerprint density at radius 2 is 2.00 bits per heavy atom. The van der Waals surface area contributed by atoms with E-state index in [1.165, 1.54) is 0 Å². The maximum absolute atomic E-state index is 13.0. The van der Waals surface area contributed by atoms with E-state index in [-0.39, 0.29) is 12.6 Å². The first-order valence-electron chi connectivity index (χ1n) is 8.53. The molecule has 0 aromatic heterocycles. The highest BCUT2D eigenvalue weighted by molar-refractivity contribution is 7.64. The third kappa shape index (κ3) is 3.38. The summed E-state index contributed by atoms with van der Waals surface area (Å²) in [7, 11) is 3.83. The second-order valence-corrected chi connectivity index (χ2v) is 8.47. The van der Waals surface area contributed by atoms with Gasteiger partial charge in [0.1, 0.15) is 11.5 Å². The third-order valence-corrected chi connectivity index (χ3v) is 6.10. The van der Waals surface area contributed by atoms with Crippen LogP contribution in [-0.2, 0) is 9.09 Å². The average molecular weight is 376 g/mol. The van der Waals surface area contributed by atoms with Crippen molar-refractivity contribution < 1.29 is 18.7 Å². The van der Waals surface area contributed by atoms with Crippen LogP contribution >= 0.6 is 7.60 Å². The van der Waals surface area contributed by atoms with Gasteiger partial charge in [-0.3, -0.25) is 9.46 Å². The van der Waals surface area contributed by atoms with Crippen molar-refractivity contribution in [2.24, 2.45) is 0 Å². The van der Waals surface area contributed by atoms with Crippen LogP contribution < -0.4 is 9.64 Å². The fourth-order valence-electron chi connectivity index (χ4n) is 3.06. The van der Waals surface area contributed by atoms with Gasteiger partial charge in [-0.1, -0.05) is 12.2 Å². The molecule has 1 aliphatic heterocycles. The Balaban J connectivity index is 2.22. The molecule has 6 nitrogen and oxygen atoms in total. The zero-order chi connectivity index (χ0) is 19.1. The molecule has 2 aliphatic rings. The molecule has 2 atom stereocenters. The van der Waals surface area contributed by atoms with Crippen LogP contribution in [0.2, 0.25) is 0 Å². The number of allylic oxidation sites excluding steroid dienone is 1. The van der Waals surface area contributed by atoms with E-state index in [0.29, 0.717) is 28.0 Å². The SMILES string of the molecule is CCOP(=O)(O)C1=C2C=CC(N(C)C)C=C2Oc2cc(N(C)C)ccc21. The number of hydrogen-bond acceptors (Lipinski definition) is 5. The van der Waals surface area contributed by atoms with Gasteiger partial charge in [0.25, 0.3) is 0 Å². The Morgan fingerprint density at radius 3 is 2.62 bits per heavy atom. The van der Waals surface area contributed by atoms with Crippen LogP contribution in [0.1, 0.15) is 12.5 Å². The largest absolute Gasteiger partial charge is 0.456 e. The Labute approximate surface area is 154 Å². The number of fused-ring (bicyclic) bond motifs is 2. The molecule has 0 amide bonds. The molecule has 0 bridgehead atoms. The molecule has 1 N–H and O–H groups in total. The number of anilines is 1. The summed E-state index contributed by atoms with van der Waals surface area (Å²) in [5, 5.41) is 0.297. The van der Waals surface area contributed by atoms with Crippen molar-refractivity contribution in [2.75, 3.05) is 39.7 Å². The monoisotopic (exact) mass is 376 g/mol. The summed E-state index contributed by atoms with van der Waals surface area (Å²) in [5.41, 5.74) is 2.15. The molecule has 0 saturated heterocycles. The molecule has 0 saturated carbocycles. The average Bonchev–Trinajstić information content (AvgIpc) is 2.58. The zero-order valence-electron chi connectivity index (χ0n) is 15.8. The fourth-order valence-corrected chi connectivity index (χ4v) is 4.52. The Kier molecular flexibility index (Phi) is 5.13. The summed E-state index contributed by atoms with van der Waals surface area (Å²) in [6.45, 7) is 1.86. The second kappa shape index (κ2) is 7.05. The van der Waals surface area contributed by atoms with Gasteiger partial charge in [-0.05, 0) is 39.2 Å². The number of rotatable bonds is 5. The molecule has 0 fully saturated rings. The number of nitrogens with zero attached hydrogens (tertiary/aromatic N) is 2. The molecule has 2 unspecified atom stereocenters.